The number of benzene rings is 1. The maximum Gasteiger partial charge on any atom is 0.337 e. The lowest BCUT2D eigenvalue weighted by atomic mass is 10.0. The average molecular weight is 281 g/mol. The molecule has 0 spiro atoms. The molecule has 0 bridgehead atoms. The first-order valence-corrected chi connectivity index (χ1v) is 7.01. The maximum atomic E-state index is 13.2. The molecule has 5 heteroatoms. The number of carbonyl (C=O) groups is 1. The van der Waals surface area contributed by atoms with E-state index in [0.29, 0.717) is 18.8 Å². The van der Waals surface area contributed by atoms with Crippen LogP contribution in [-0.4, -0.2) is 36.9 Å². The Labute approximate surface area is 118 Å². The number of piperidine rings is 1. The molecule has 0 amide bonds. The summed E-state index contributed by atoms with van der Waals surface area (Å²) >= 11 is 0. The first-order valence-electron chi connectivity index (χ1n) is 7.01. The van der Waals surface area contributed by atoms with Gasteiger partial charge in [-0.3, -0.25) is 0 Å². The van der Waals surface area contributed by atoms with Gasteiger partial charge in [-0.1, -0.05) is 6.92 Å². The molecule has 1 aliphatic rings. The highest BCUT2D eigenvalue weighted by Crippen LogP contribution is 2.26. The van der Waals surface area contributed by atoms with Gasteiger partial charge in [-0.25, -0.2) is 9.18 Å². The number of nitrogens with zero attached hydrogens (tertiary/aromatic N) is 1. The molecule has 1 fully saturated rings. The van der Waals surface area contributed by atoms with E-state index in [1.54, 1.807) is 6.07 Å². The molecule has 0 aromatic heterocycles. The highest BCUT2D eigenvalue weighted by Gasteiger charge is 2.24. The van der Waals surface area contributed by atoms with Gasteiger partial charge in [0, 0.05) is 19.7 Å². The van der Waals surface area contributed by atoms with Crippen LogP contribution >= 0.6 is 0 Å². The summed E-state index contributed by atoms with van der Waals surface area (Å²) < 4.78 is 19.0. The van der Waals surface area contributed by atoms with Crippen molar-refractivity contribution in [2.45, 2.75) is 32.3 Å². The van der Waals surface area contributed by atoms with Crippen LogP contribution < -0.4 is 4.90 Å². The third-order valence-electron chi connectivity index (χ3n) is 3.47. The van der Waals surface area contributed by atoms with Crippen molar-refractivity contribution in [1.29, 1.82) is 0 Å². The SMILES string of the molecule is CCCOC1CCCN(c2ccc(F)cc2C(=O)O)C1. The van der Waals surface area contributed by atoms with E-state index >= 15 is 0 Å². The number of carboxylic acid groups (broad SMARTS) is 1. The maximum absolute atomic E-state index is 13.2. The largest absolute Gasteiger partial charge is 0.478 e. The summed E-state index contributed by atoms with van der Waals surface area (Å²) in [6, 6.07) is 3.92. The summed E-state index contributed by atoms with van der Waals surface area (Å²) in [5, 5.41) is 9.20. The number of rotatable bonds is 5. The Morgan fingerprint density at radius 3 is 3.05 bits per heavy atom. The van der Waals surface area contributed by atoms with E-state index in [-0.39, 0.29) is 11.7 Å². The quantitative estimate of drug-likeness (QED) is 0.901. The van der Waals surface area contributed by atoms with Crippen molar-refractivity contribution in [3.05, 3.63) is 29.6 Å². The molecular formula is C15H20FNO3. The highest BCUT2D eigenvalue weighted by atomic mass is 19.1. The fourth-order valence-corrected chi connectivity index (χ4v) is 2.53. The fourth-order valence-electron chi connectivity index (χ4n) is 2.53. The molecule has 1 atom stereocenters. The van der Waals surface area contributed by atoms with Crippen molar-refractivity contribution in [1.82, 2.24) is 0 Å². The minimum absolute atomic E-state index is 0.0149. The molecule has 0 radical (unpaired) electrons. The summed E-state index contributed by atoms with van der Waals surface area (Å²) in [6.07, 6.45) is 3.02. The van der Waals surface area contributed by atoms with Crippen molar-refractivity contribution in [2.75, 3.05) is 24.6 Å². The first-order chi connectivity index (χ1) is 9.61. The summed E-state index contributed by atoms with van der Waals surface area (Å²) in [4.78, 5) is 13.2. The predicted octanol–water partition coefficient (Wildman–Crippen LogP) is 2.92. The van der Waals surface area contributed by atoms with E-state index in [1.165, 1.54) is 6.07 Å². The van der Waals surface area contributed by atoms with Gasteiger partial charge in [0.25, 0.3) is 0 Å². The summed E-state index contributed by atoms with van der Waals surface area (Å²) in [5.41, 5.74) is 0.588. The Hall–Kier alpha value is -1.62. The fraction of sp³-hybridized carbons (Fsp3) is 0.533. The van der Waals surface area contributed by atoms with Crippen molar-refractivity contribution in [3.8, 4) is 0 Å². The number of halogens is 1. The van der Waals surface area contributed by atoms with Crippen molar-refractivity contribution in [2.24, 2.45) is 0 Å². The van der Waals surface area contributed by atoms with Crippen LogP contribution in [0.25, 0.3) is 0 Å². The van der Waals surface area contributed by atoms with Gasteiger partial charge >= 0.3 is 5.97 Å². The van der Waals surface area contributed by atoms with Crippen LogP contribution in [0.2, 0.25) is 0 Å². The molecule has 0 aliphatic carbocycles. The first kappa shape index (κ1) is 14.8. The lowest BCUT2D eigenvalue weighted by Gasteiger charge is -2.35. The van der Waals surface area contributed by atoms with Crippen LogP contribution in [0.4, 0.5) is 10.1 Å². The lowest BCUT2D eigenvalue weighted by Crippen LogP contribution is -2.40. The summed E-state index contributed by atoms with van der Waals surface area (Å²) in [7, 11) is 0. The monoisotopic (exact) mass is 281 g/mol. The molecule has 1 aliphatic heterocycles. The average Bonchev–Trinajstić information content (AvgIpc) is 2.45. The molecule has 4 nitrogen and oxygen atoms in total. The second-order valence-corrected chi connectivity index (χ2v) is 5.05. The van der Waals surface area contributed by atoms with Crippen LogP contribution in [-0.2, 0) is 4.74 Å². The zero-order valence-electron chi connectivity index (χ0n) is 11.6. The number of hydrogen-bond acceptors (Lipinski definition) is 3. The van der Waals surface area contributed by atoms with E-state index in [0.717, 1.165) is 31.9 Å². The zero-order chi connectivity index (χ0) is 14.5. The Morgan fingerprint density at radius 2 is 2.35 bits per heavy atom. The van der Waals surface area contributed by atoms with Crippen molar-refractivity contribution in [3.63, 3.8) is 0 Å². The van der Waals surface area contributed by atoms with Gasteiger partial charge in [0.15, 0.2) is 0 Å². The minimum atomic E-state index is -1.10. The third kappa shape index (κ3) is 3.48. The van der Waals surface area contributed by atoms with E-state index < -0.39 is 11.8 Å². The Bertz CT molecular complexity index is 478. The lowest BCUT2D eigenvalue weighted by molar-refractivity contribution is 0.0439. The van der Waals surface area contributed by atoms with Gasteiger partial charge in [-0.05, 0) is 37.5 Å². The van der Waals surface area contributed by atoms with Crippen molar-refractivity contribution >= 4 is 11.7 Å². The van der Waals surface area contributed by atoms with E-state index in [9.17, 15) is 14.3 Å². The molecule has 1 unspecified atom stereocenters. The van der Waals surface area contributed by atoms with Crippen molar-refractivity contribution < 1.29 is 19.0 Å². The molecule has 1 aromatic rings. The third-order valence-corrected chi connectivity index (χ3v) is 3.47. The van der Waals surface area contributed by atoms with Crippen LogP contribution in [0.5, 0.6) is 0 Å². The van der Waals surface area contributed by atoms with Crippen LogP contribution in [0, 0.1) is 5.82 Å². The van der Waals surface area contributed by atoms with Gasteiger partial charge in [0.05, 0.1) is 17.4 Å². The predicted molar refractivity (Wildman–Crippen MR) is 74.8 cm³/mol. The van der Waals surface area contributed by atoms with Gasteiger partial charge in [0.2, 0.25) is 0 Å². The molecule has 0 saturated carbocycles. The van der Waals surface area contributed by atoms with Gasteiger partial charge in [-0.15, -0.1) is 0 Å². The van der Waals surface area contributed by atoms with Gasteiger partial charge < -0.3 is 14.7 Å². The number of aromatic carboxylic acids is 1. The molecule has 20 heavy (non-hydrogen) atoms. The molecule has 2 rings (SSSR count). The normalized spacial score (nSPS) is 19.1. The van der Waals surface area contributed by atoms with Gasteiger partial charge in [0.1, 0.15) is 5.82 Å². The summed E-state index contributed by atoms with van der Waals surface area (Å²) in [5.74, 6) is -1.63. The number of carboxylic acids is 1. The Morgan fingerprint density at radius 1 is 1.55 bits per heavy atom. The van der Waals surface area contributed by atoms with Crippen LogP contribution in [0.3, 0.4) is 0 Å². The Kier molecular flexibility index (Phi) is 4.95. The standard InChI is InChI=1S/C15H20FNO3/c1-2-8-20-12-4-3-7-17(10-12)14-6-5-11(16)9-13(14)15(18)19/h5-6,9,12H,2-4,7-8,10H2,1H3,(H,18,19). The van der Waals surface area contributed by atoms with E-state index in [4.69, 9.17) is 4.74 Å². The van der Waals surface area contributed by atoms with E-state index in [2.05, 4.69) is 6.92 Å². The number of anilines is 1. The smallest absolute Gasteiger partial charge is 0.337 e. The second kappa shape index (κ2) is 6.70. The molecule has 110 valence electrons. The molecule has 1 N–H and O–H groups in total. The van der Waals surface area contributed by atoms with Crippen LogP contribution in [0.15, 0.2) is 18.2 Å². The molecule has 1 saturated heterocycles. The number of ether oxygens (including phenoxy) is 1. The number of hydrogen-bond donors (Lipinski definition) is 1. The van der Waals surface area contributed by atoms with Crippen LogP contribution in [0.1, 0.15) is 36.5 Å². The minimum Gasteiger partial charge on any atom is -0.478 e. The second-order valence-electron chi connectivity index (χ2n) is 5.05. The molecular weight excluding hydrogens is 261 g/mol. The molecule has 1 aromatic carbocycles. The molecule has 1 heterocycles. The van der Waals surface area contributed by atoms with Gasteiger partial charge in [-0.2, -0.15) is 0 Å². The highest BCUT2D eigenvalue weighted by molar-refractivity contribution is 5.94. The topological polar surface area (TPSA) is 49.8 Å². The van der Waals surface area contributed by atoms with E-state index in [1.807, 2.05) is 4.90 Å². The summed E-state index contributed by atoms with van der Waals surface area (Å²) in [6.45, 7) is 4.21. The Balaban J connectivity index is 2.16. The zero-order valence-corrected chi connectivity index (χ0v) is 11.6.